The number of methoxy groups -OCH3 is 1. The smallest absolute Gasteiger partial charge is 0.407 e. The lowest BCUT2D eigenvalue weighted by atomic mass is 10.2. The molecule has 0 aliphatic carbocycles. The van der Waals surface area contributed by atoms with Gasteiger partial charge in [0.1, 0.15) is 12.2 Å². The predicted molar refractivity (Wildman–Crippen MR) is 74.4 cm³/mol. The standard InChI is InChI=1S/C14H21NO5/c1-14(2,3)20-13(17)15-8-9-19-11-7-5-6-10(18-4)12(11)16/h5-7,16H,8-9H2,1-4H3,(H,15,17). The number of amides is 1. The first-order chi connectivity index (χ1) is 9.33. The highest BCUT2D eigenvalue weighted by Gasteiger charge is 2.15. The Labute approximate surface area is 118 Å². The van der Waals surface area contributed by atoms with Gasteiger partial charge in [-0.25, -0.2) is 4.79 Å². The van der Waals surface area contributed by atoms with Crippen molar-refractivity contribution < 1.29 is 24.1 Å². The van der Waals surface area contributed by atoms with E-state index in [0.29, 0.717) is 11.5 Å². The number of carbonyl (C=O) groups is 1. The lowest BCUT2D eigenvalue weighted by Crippen LogP contribution is -2.34. The first-order valence-corrected chi connectivity index (χ1v) is 6.29. The molecule has 1 aromatic carbocycles. The van der Waals surface area contributed by atoms with Gasteiger partial charge in [0.2, 0.25) is 5.75 Å². The van der Waals surface area contributed by atoms with Crippen LogP contribution in [0.25, 0.3) is 0 Å². The molecule has 0 aliphatic heterocycles. The quantitative estimate of drug-likeness (QED) is 0.811. The number of para-hydroxylation sites is 1. The van der Waals surface area contributed by atoms with Crippen molar-refractivity contribution in [1.29, 1.82) is 0 Å². The van der Waals surface area contributed by atoms with E-state index in [1.54, 1.807) is 39.0 Å². The zero-order chi connectivity index (χ0) is 15.2. The SMILES string of the molecule is COc1cccc(OCCNC(=O)OC(C)(C)C)c1O. The summed E-state index contributed by atoms with van der Waals surface area (Å²) in [7, 11) is 1.46. The summed E-state index contributed by atoms with van der Waals surface area (Å²) in [5, 5.41) is 12.3. The first kappa shape index (κ1) is 15.9. The fraction of sp³-hybridized carbons (Fsp3) is 0.500. The van der Waals surface area contributed by atoms with E-state index < -0.39 is 11.7 Å². The highest BCUT2D eigenvalue weighted by molar-refractivity contribution is 5.67. The fourth-order valence-corrected chi connectivity index (χ4v) is 1.41. The first-order valence-electron chi connectivity index (χ1n) is 6.29. The third-order valence-corrected chi connectivity index (χ3v) is 2.21. The zero-order valence-corrected chi connectivity index (χ0v) is 12.2. The Morgan fingerprint density at radius 2 is 1.95 bits per heavy atom. The van der Waals surface area contributed by atoms with E-state index in [2.05, 4.69) is 5.32 Å². The van der Waals surface area contributed by atoms with Crippen molar-refractivity contribution in [3.63, 3.8) is 0 Å². The Kier molecular flexibility index (Phi) is 5.49. The van der Waals surface area contributed by atoms with Crippen LogP contribution in [-0.2, 0) is 4.74 Å². The van der Waals surface area contributed by atoms with E-state index in [1.165, 1.54) is 7.11 Å². The molecule has 0 spiro atoms. The molecule has 0 fully saturated rings. The molecule has 2 N–H and O–H groups in total. The Bertz CT molecular complexity index is 453. The summed E-state index contributed by atoms with van der Waals surface area (Å²) >= 11 is 0. The topological polar surface area (TPSA) is 77.0 Å². The van der Waals surface area contributed by atoms with E-state index in [0.717, 1.165) is 0 Å². The lowest BCUT2D eigenvalue weighted by Gasteiger charge is -2.19. The van der Waals surface area contributed by atoms with Crippen molar-refractivity contribution in [2.75, 3.05) is 20.3 Å². The van der Waals surface area contributed by atoms with Gasteiger partial charge in [0, 0.05) is 0 Å². The minimum absolute atomic E-state index is 0.0627. The summed E-state index contributed by atoms with van der Waals surface area (Å²) in [5.41, 5.74) is -0.532. The largest absolute Gasteiger partial charge is 0.502 e. The number of rotatable bonds is 5. The van der Waals surface area contributed by atoms with Crippen LogP contribution in [-0.4, -0.2) is 37.1 Å². The van der Waals surface area contributed by atoms with Crippen molar-refractivity contribution in [3.8, 4) is 17.2 Å². The summed E-state index contributed by atoms with van der Waals surface area (Å²) in [4.78, 5) is 11.4. The molecule has 6 heteroatoms. The van der Waals surface area contributed by atoms with E-state index in [9.17, 15) is 9.90 Å². The molecular formula is C14H21NO5. The van der Waals surface area contributed by atoms with Crippen LogP contribution in [0.15, 0.2) is 18.2 Å². The average Bonchev–Trinajstić information content (AvgIpc) is 2.34. The lowest BCUT2D eigenvalue weighted by molar-refractivity contribution is 0.0520. The maximum absolute atomic E-state index is 11.4. The molecule has 1 rings (SSSR count). The summed E-state index contributed by atoms with van der Waals surface area (Å²) in [6, 6.07) is 4.95. The molecule has 0 aromatic heterocycles. The van der Waals surface area contributed by atoms with E-state index in [-0.39, 0.29) is 18.9 Å². The number of nitrogens with one attached hydrogen (secondary N) is 1. The number of hydrogen-bond donors (Lipinski definition) is 2. The molecule has 0 radical (unpaired) electrons. The second kappa shape index (κ2) is 6.88. The second-order valence-corrected chi connectivity index (χ2v) is 5.08. The molecule has 0 heterocycles. The van der Waals surface area contributed by atoms with Crippen molar-refractivity contribution in [3.05, 3.63) is 18.2 Å². The second-order valence-electron chi connectivity index (χ2n) is 5.08. The van der Waals surface area contributed by atoms with Gasteiger partial charge in [-0.1, -0.05) is 6.07 Å². The number of ether oxygens (including phenoxy) is 3. The van der Waals surface area contributed by atoms with Crippen LogP contribution in [0.4, 0.5) is 4.79 Å². The van der Waals surface area contributed by atoms with Crippen LogP contribution < -0.4 is 14.8 Å². The fourth-order valence-electron chi connectivity index (χ4n) is 1.41. The molecule has 0 aliphatic rings. The summed E-state index contributed by atoms with van der Waals surface area (Å²) in [5.74, 6) is 0.574. The zero-order valence-electron chi connectivity index (χ0n) is 12.2. The maximum atomic E-state index is 11.4. The Balaban J connectivity index is 2.37. The molecule has 0 saturated heterocycles. The summed E-state index contributed by atoms with van der Waals surface area (Å²) < 4.78 is 15.4. The number of phenols is 1. The minimum Gasteiger partial charge on any atom is -0.502 e. The number of alkyl carbamates (subject to hydrolysis) is 1. The van der Waals surface area contributed by atoms with Crippen molar-refractivity contribution in [2.24, 2.45) is 0 Å². The number of carbonyl (C=O) groups excluding carboxylic acids is 1. The molecule has 0 saturated carbocycles. The Morgan fingerprint density at radius 3 is 2.55 bits per heavy atom. The third-order valence-electron chi connectivity index (χ3n) is 2.21. The minimum atomic E-state index is -0.532. The van der Waals surface area contributed by atoms with Gasteiger partial charge in [0.25, 0.3) is 0 Å². The van der Waals surface area contributed by atoms with E-state index in [4.69, 9.17) is 14.2 Å². The molecule has 20 heavy (non-hydrogen) atoms. The van der Waals surface area contributed by atoms with Crippen LogP contribution >= 0.6 is 0 Å². The van der Waals surface area contributed by atoms with Crippen LogP contribution in [0, 0.1) is 0 Å². The highest BCUT2D eigenvalue weighted by atomic mass is 16.6. The van der Waals surface area contributed by atoms with Crippen molar-refractivity contribution in [2.45, 2.75) is 26.4 Å². The third kappa shape index (κ3) is 5.26. The van der Waals surface area contributed by atoms with Gasteiger partial charge in [-0.05, 0) is 32.9 Å². The van der Waals surface area contributed by atoms with Crippen molar-refractivity contribution in [1.82, 2.24) is 5.32 Å². The van der Waals surface area contributed by atoms with Crippen LogP contribution in [0.2, 0.25) is 0 Å². The normalized spacial score (nSPS) is 10.8. The monoisotopic (exact) mass is 283 g/mol. The van der Waals surface area contributed by atoms with Crippen LogP contribution in [0.3, 0.4) is 0 Å². The van der Waals surface area contributed by atoms with Gasteiger partial charge in [0.05, 0.1) is 13.7 Å². The molecule has 1 aromatic rings. The van der Waals surface area contributed by atoms with Gasteiger partial charge in [-0.2, -0.15) is 0 Å². The van der Waals surface area contributed by atoms with Crippen LogP contribution in [0.5, 0.6) is 17.2 Å². The number of aromatic hydroxyl groups is 1. The predicted octanol–water partition coefficient (Wildman–Crippen LogP) is 2.30. The Morgan fingerprint density at radius 1 is 1.30 bits per heavy atom. The van der Waals surface area contributed by atoms with E-state index in [1.807, 2.05) is 0 Å². The molecule has 0 atom stereocenters. The average molecular weight is 283 g/mol. The van der Waals surface area contributed by atoms with Gasteiger partial charge in [-0.15, -0.1) is 0 Å². The van der Waals surface area contributed by atoms with Crippen LogP contribution in [0.1, 0.15) is 20.8 Å². The summed E-state index contributed by atoms with van der Waals surface area (Å²) in [6.07, 6.45) is -0.504. The summed E-state index contributed by atoms with van der Waals surface area (Å²) in [6.45, 7) is 5.84. The number of benzene rings is 1. The van der Waals surface area contributed by atoms with E-state index >= 15 is 0 Å². The molecule has 1 amide bonds. The molecule has 6 nitrogen and oxygen atoms in total. The Hall–Kier alpha value is -2.11. The molecule has 0 bridgehead atoms. The van der Waals surface area contributed by atoms with Crippen molar-refractivity contribution >= 4 is 6.09 Å². The van der Waals surface area contributed by atoms with Gasteiger partial charge < -0.3 is 24.6 Å². The highest BCUT2D eigenvalue weighted by Crippen LogP contribution is 2.35. The van der Waals surface area contributed by atoms with Gasteiger partial charge in [0.15, 0.2) is 11.5 Å². The maximum Gasteiger partial charge on any atom is 0.407 e. The number of hydrogen-bond acceptors (Lipinski definition) is 5. The molecule has 112 valence electrons. The molecular weight excluding hydrogens is 262 g/mol. The van der Waals surface area contributed by atoms with Gasteiger partial charge >= 0.3 is 6.09 Å². The molecule has 0 unspecified atom stereocenters. The van der Waals surface area contributed by atoms with Gasteiger partial charge in [-0.3, -0.25) is 0 Å². The number of phenolic OH excluding ortho intramolecular Hbond substituents is 1.